The van der Waals surface area contributed by atoms with E-state index in [1.807, 2.05) is 67.7 Å². The number of nitrogens with zero attached hydrogens (tertiary/aromatic N) is 2. The largest absolute Gasteiger partial charge is 0.444 e. The second kappa shape index (κ2) is 13.5. The minimum absolute atomic E-state index is 0.0895. The van der Waals surface area contributed by atoms with Crippen molar-refractivity contribution in [1.29, 1.82) is 0 Å². The minimum Gasteiger partial charge on any atom is -0.444 e. The van der Waals surface area contributed by atoms with Crippen LogP contribution in [0.5, 0.6) is 0 Å². The average Bonchev–Trinajstić information content (AvgIpc) is 3.63. The fraction of sp³-hybridized carbons (Fsp3) is 0.303. The Morgan fingerprint density at radius 3 is 2.47 bits per heavy atom. The monoisotopic (exact) mass is 615 g/mol. The zero-order valence-electron chi connectivity index (χ0n) is 24.9. The van der Waals surface area contributed by atoms with Crippen molar-refractivity contribution >= 4 is 40.4 Å². The van der Waals surface area contributed by atoms with Gasteiger partial charge in [0.15, 0.2) is 5.13 Å². The van der Waals surface area contributed by atoms with Crippen molar-refractivity contribution in [3.8, 4) is 22.4 Å². The van der Waals surface area contributed by atoms with Gasteiger partial charge in [-0.15, -0.1) is 11.3 Å². The topological polar surface area (TPSA) is 97.3 Å². The van der Waals surface area contributed by atoms with Crippen molar-refractivity contribution in [1.82, 2.24) is 19.6 Å². The van der Waals surface area contributed by atoms with Crippen LogP contribution in [0.4, 0.5) is 9.93 Å². The Morgan fingerprint density at radius 2 is 1.77 bits per heavy atom. The van der Waals surface area contributed by atoms with E-state index in [0.717, 1.165) is 51.6 Å². The summed E-state index contributed by atoms with van der Waals surface area (Å²) < 4.78 is 7.26. The Bertz CT molecular complexity index is 1630. The minimum atomic E-state index is -0.537. The molecule has 224 valence electrons. The summed E-state index contributed by atoms with van der Waals surface area (Å²) in [5.74, 6) is -0.0895. The van der Waals surface area contributed by atoms with E-state index >= 15 is 0 Å². The van der Waals surface area contributed by atoms with E-state index < -0.39 is 11.7 Å². The maximum absolute atomic E-state index is 12.7. The highest BCUT2D eigenvalue weighted by Crippen LogP contribution is 2.32. The van der Waals surface area contributed by atoms with E-state index in [1.165, 1.54) is 12.0 Å². The van der Waals surface area contributed by atoms with Crippen LogP contribution in [-0.2, 0) is 11.3 Å². The Labute approximate surface area is 261 Å². The molecule has 2 heterocycles. The molecule has 0 aliphatic heterocycles. The quantitative estimate of drug-likeness (QED) is 0.169. The van der Waals surface area contributed by atoms with Crippen LogP contribution in [0.3, 0.4) is 0 Å². The zero-order valence-corrected chi connectivity index (χ0v) is 26.5. The lowest BCUT2D eigenvalue weighted by Gasteiger charge is -2.22. The van der Waals surface area contributed by atoms with Crippen molar-refractivity contribution in [2.24, 2.45) is 0 Å². The van der Waals surface area contributed by atoms with Gasteiger partial charge in [0.25, 0.3) is 5.91 Å². The van der Waals surface area contributed by atoms with Crippen molar-refractivity contribution in [3.05, 3.63) is 94.8 Å². The average molecular weight is 616 g/mol. The Kier molecular flexibility index (Phi) is 9.57. The maximum atomic E-state index is 12.7. The molecule has 2 aromatic carbocycles. The van der Waals surface area contributed by atoms with E-state index in [0.29, 0.717) is 18.7 Å². The first-order valence-electron chi connectivity index (χ1n) is 14.3. The smallest absolute Gasteiger partial charge is 0.407 e. The summed E-state index contributed by atoms with van der Waals surface area (Å²) in [6.07, 6.45) is 8.49. The predicted molar refractivity (Wildman–Crippen MR) is 176 cm³/mol. The number of rotatable bonds is 10. The number of thiazole rings is 1. The summed E-state index contributed by atoms with van der Waals surface area (Å²) in [6.45, 7) is 6.35. The van der Waals surface area contributed by atoms with Gasteiger partial charge in [-0.1, -0.05) is 36.4 Å². The van der Waals surface area contributed by atoms with Crippen molar-refractivity contribution in [2.75, 3.05) is 18.1 Å². The third-order valence-corrected chi connectivity index (χ3v) is 8.37. The molecule has 0 spiro atoms. The standard InChI is InChI=1S/C33H37N5O3S2/c1-33(2,3)41-32(40)35-18-22-8-5-11-24(16-22)25-12-7-13-26(17-25)29-21-43-31(37-29)36-28(23-9-6-10-23)19-34-30(39)27-14-15-38(20-27)42-4/h5,7-8,11-17,20-21H,6,9-10,18-19H2,1-4H3,(H,34,39)(H,35,40)(H,36,37). The predicted octanol–water partition coefficient (Wildman–Crippen LogP) is 7.71. The lowest BCUT2D eigenvalue weighted by molar-refractivity contribution is 0.0523. The molecular weight excluding hydrogens is 579 g/mol. The first-order chi connectivity index (χ1) is 20.7. The SMILES string of the molecule is CSn1ccc(C(=O)NCC(Nc2nc(-c3cccc(-c4cccc(CNC(=O)OC(C)(C)C)c4)c3)cs2)=C2CCC2)c1. The van der Waals surface area contributed by atoms with E-state index in [9.17, 15) is 9.59 Å². The van der Waals surface area contributed by atoms with Crippen LogP contribution in [0.2, 0.25) is 0 Å². The molecule has 4 aromatic rings. The first kappa shape index (κ1) is 30.4. The maximum Gasteiger partial charge on any atom is 0.407 e. The molecule has 8 nitrogen and oxygen atoms in total. The summed E-state index contributed by atoms with van der Waals surface area (Å²) in [7, 11) is 0. The second-order valence-electron chi connectivity index (χ2n) is 11.4. The number of alkyl carbamates (subject to hydrolysis) is 1. The fourth-order valence-corrected chi connectivity index (χ4v) is 5.76. The number of hydrogen-bond acceptors (Lipinski definition) is 7. The fourth-order valence-electron chi connectivity index (χ4n) is 4.61. The summed E-state index contributed by atoms with van der Waals surface area (Å²) in [5.41, 5.74) is 7.48. The van der Waals surface area contributed by atoms with Crippen LogP contribution in [0, 0.1) is 0 Å². The number of carbonyl (C=O) groups is 2. The number of amides is 2. The Hall–Kier alpha value is -4.02. The molecule has 0 atom stereocenters. The van der Waals surface area contributed by atoms with Crippen LogP contribution in [0.15, 0.2) is 83.6 Å². The molecule has 2 aromatic heterocycles. The highest BCUT2D eigenvalue weighted by molar-refractivity contribution is 7.97. The van der Waals surface area contributed by atoms with Crippen LogP contribution in [0.1, 0.15) is 56.0 Å². The Morgan fingerprint density at radius 1 is 1.02 bits per heavy atom. The molecule has 0 saturated heterocycles. The van der Waals surface area contributed by atoms with Gasteiger partial charge in [0, 0.05) is 41.8 Å². The van der Waals surface area contributed by atoms with Gasteiger partial charge in [-0.3, -0.25) is 8.77 Å². The van der Waals surface area contributed by atoms with Crippen LogP contribution in [0.25, 0.3) is 22.4 Å². The van der Waals surface area contributed by atoms with E-state index in [-0.39, 0.29) is 5.91 Å². The molecule has 2 amide bonds. The van der Waals surface area contributed by atoms with Crippen molar-refractivity contribution in [3.63, 3.8) is 0 Å². The van der Waals surface area contributed by atoms with Gasteiger partial charge in [-0.2, -0.15) is 0 Å². The number of anilines is 1. The van der Waals surface area contributed by atoms with Gasteiger partial charge >= 0.3 is 6.09 Å². The van der Waals surface area contributed by atoms with Crippen LogP contribution >= 0.6 is 23.3 Å². The summed E-state index contributed by atoms with van der Waals surface area (Å²) in [6, 6.07) is 18.2. The number of carbonyl (C=O) groups excluding carboxylic acids is 2. The zero-order chi connectivity index (χ0) is 30.4. The van der Waals surface area contributed by atoms with Gasteiger partial charge in [-0.05, 0) is 92.4 Å². The molecule has 3 N–H and O–H groups in total. The van der Waals surface area contributed by atoms with Gasteiger partial charge in [0.05, 0.1) is 17.8 Å². The molecule has 1 aliphatic rings. The highest BCUT2D eigenvalue weighted by Gasteiger charge is 2.18. The van der Waals surface area contributed by atoms with Gasteiger partial charge < -0.3 is 20.7 Å². The number of hydrogen-bond donors (Lipinski definition) is 3. The third kappa shape index (κ3) is 8.30. The molecule has 0 bridgehead atoms. The van der Waals surface area contributed by atoms with Crippen LogP contribution in [-0.4, -0.2) is 39.4 Å². The van der Waals surface area contributed by atoms with Gasteiger partial charge in [-0.25, -0.2) is 9.78 Å². The molecule has 10 heteroatoms. The van der Waals surface area contributed by atoms with E-state index in [4.69, 9.17) is 9.72 Å². The number of aromatic nitrogens is 2. The third-order valence-electron chi connectivity index (χ3n) is 6.97. The van der Waals surface area contributed by atoms with Crippen molar-refractivity contribution in [2.45, 2.75) is 52.2 Å². The first-order valence-corrected chi connectivity index (χ1v) is 16.3. The summed E-state index contributed by atoms with van der Waals surface area (Å²) in [5, 5.41) is 12.2. The molecule has 1 fully saturated rings. The van der Waals surface area contributed by atoms with Gasteiger partial charge in [0.2, 0.25) is 0 Å². The molecule has 1 saturated carbocycles. The number of benzene rings is 2. The number of ether oxygens (including phenoxy) is 1. The lowest BCUT2D eigenvalue weighted by Crippen LogP contribution is -2.32. The van der Waals surface area contributed by atoms with Crippen LogP contribution < -0.4 is 16.0 Å². The number of nitrogens with one attached hydrogen (secondary N) is 3. The lowest BCUT2D eigenvalue weighted by atomic mass is 9.90. The van der Waals surface area contributed by atoms with Crippen molar-refractivity contribution < 1.29 is 14.3 Å². The molecule has 0 unspecified atom stereocenters. The molecule has 1 aliphatic carbocycles. The van der Waals surface area contributed by atoms with E-state index in [1.54, 1.807) is 23.3 Å². The summed E-state index contributed by atoms with van der Waals surface area (Å²) in [4.78, 5) is 29.7. The summed E-state index contributed by atoms with van der Waals surface area (Å²) >= 11 is 3.10. The van der Waals surface area contributed by atoms with Gasteiger partial charge in [0.1, 0.15) is 5.60 Å². The highest BCUT2D eigenvalue weighted by atomic mass is 32.2. The Balaban J connectivity index is 1.24. The van der Waals surface area contributed by atoms with E-state index in [2.05, 4.69) is 51.7 Å². The molecule has 5 rings (SSSR count). The normalized spacial score (nSPS) is 12.8. The number of allylic oxidation sites excluding steroid dienone is 1. The molecule has 43 heavy (non-hydrogen) atoms. The second-order valence-corrected chi connectivity index (χ2v) is 13.0. The molecule has 0 radical (unpaired) electrons. The molecular formula is C33H37N5O3S2.